The number of aryl methyl sites for hydroxylation is 2. The maximum atomic E-state index is 13.0. The minimum absolute atomic E-state index is 0.119. The van der Waals surface area contributed by atoms with Gasteiger partial charge in [0, 0.05) is 42.7 Å². The number of fused-ring (bicyclic) bond motifs is 1. The summed E-state index contributed by atoms with van der Waals surface area (Å²) in [6, 6.07) is 10.4. The van der Waals surface area contributed by atoms with Gasteiger partial charge in [-0.15, -0.1) is 0 Å². The van der Waals surface area contributed by atoms with E-state index in [9.17, 15) is 9.59 Å². The SMILES string of the molecule is Cc1nc(C2CCN(C(=O)C3CCCCC3)C2)nc2c1CC(=O)N2CCCc1ccccc1. The number of likely N-dealkylation sites (tertiary alicyclic amines) is 1. The van der Waals surface area contributed by atoms with Crippen LogP contribution < -0.4 is 4.90 Å². The standard InChI is InChI=1S/C27H34N4O2/c1-19-23-17-24(32)31(15-8-11-20-9-4-2-5-10-20)26(23)29-25(28-19)22-14-16-30(18-22)27(33)21-12-6-3-7-13-21/h2,4-5,9-10,21-22H,3,6-8,11-18H2,1H3. The van der Waals surface area contributed by atoms with Gasteiger partial charge in [-0.1, -0.05) is 49.6 Å². The average Bonchev–Trinajstić information content (AvgIpc) is 3.46. The first-order valence-corrected chi connectivity index (χ1v) is 12.6. The van der Waals surface area contributed by atoms with E-state index in [0.717, 1.165) is 61.5 Å². The van der Waals surface area contributed by atoms with Crippen molar-refractivity contribution in [1.82, 2.24) is 14.9 Å². The maximum Gasteiger partial charge on any atom is 0.232 e. The fraction of sp³-hybridized carbons (Fsp3) is 0.556. The fourth-order valence-corrected chi connectivity index (χ4v) is 5.68. The molecule has 5 rings (SSSR count). The molecule has 0 bridgehead atoms. The third kappa shape index (κ3) is 4.66. The molecule has 2 aromatic rings. The van der Waals surface area contributed by atoms with Gasteiger partial charge in [0.2, 0.25) is 11.8 Å². The van der Waals surface area contributed by atoms with Crippen molar-refractivity contribution < 1.29 is 9.59 Å². The molecule has 0 radical (unpaired) electrons. The molecule has 1 unspecified atom stereocenters. The first kappa shape index (κ1) is 22.1. The Kier molecular flexibility index (Phi) is 6.43. The quantitative estimate of drug-likeness (QED) is 0.667. The molecule has 1 aromatic carbocycles. The molecule has 1 atom stereocenters. The van der Waals surface area contributed by atoms with Crippen LogP contribution in [0, 0.1) is 12.8 Å². The number of hydrogen-bond donors (Lipinski definition) is 0. The number of rotatable bonds is 6. The van der Waals surface area contributed by atoms with Crippen molar-refractivity contribution in [3.63, 3.8) is 0 Å². The number of carbonyl (C=O) groups excluding carboxylic acids is 2. The topological polar surface area (TPSA) is 66.4 Å². The normalized spacial score (nSPS) is 21.0. The van der Waals surface area contributed by atoms with Crippen LogP contribution in [0.1, 0.15) is 73.5 Å². The van der Waals surface area contributed by atoms with E-state index in [1.54, 1.807) is 0 Å². The van der Waals surface area contributed by atoms with E-state index in [1.165, 1.54) is 24.8 Å². The van der Waals surface area contributed by atoms with Gasteiger partial charge in [0.1, 0.15) is 11.6 Å². The molecule has 3 heterocycles. The minimum atomic E-state index is 0.119. The summed E-state index contributed by atoms with van der Waals surface area (Å²) in [7, 11) is 0. The molecule has 2 amide bonds. The summed E-state index contributed by atoms with van der Waals surface area (Å²) >= 11 is 0. The van der Waals surface area contributed by atoms with Gasteiger partial charge < -0.3 is 4.90 Å². The summed E-state index contributed by atoms with van der Waals surface area (Å²) < 4.78 is 0. The van der Waals surface area contributed by atoms with Crippen molar-refractivity contribution >= 4 is 17.6 Å². The molecule has 1 aliphatic carbocycles. The van der Waals surface area contributed by atoms with Gasteiger partial charge in [-0.3, -0.25) is 14.5 Å². The summed E-state index contributed by atoms with van der Waals surface area (Å²) in [5, 5.41) is 0. The highest BCUT2D eigenvalue weighted by Gasteiger charge is 2.36. The lowest BCUT2D eigenvalue weighted by Gasteiger charge is -2.26. The van der Waals surface area contributed by atoms with E-state index in [4.69, 9.17) is 9.97 Å². The number of benzene rings is 1. The van der Waals surface area contributed by atoms with Crippen molar-refractivity contribution in [1.29, 1.82) is 0 Å². The van der Waals surface area contributed by atoms with E-state index in [1.807, 2.05) is 22.8 Å². The van der Waals surface area contributed by atoms with Gasteiger partial charge in [0.05, 0.1) is 6.42 Å². The minimum Gasteiger partial charge on any atom is -0.342 e. The summed E-state index contributed by atoms with van der Waals surface area (Å²) in [4.78, 5) is 39.4. The van der Waals surface area contributed by atoms with E-state index in [0.29, 0.717) is 25.4 Å². The molecule has 0 spiro atoms. The lowest BCUT2D eigenvalue weighted by molar-refractivity contribution is -0.135. The molecule has 6 nitrogen and oxygen atoms in total. The lowest BCUT2D eigenvalue weighted by Crippen LogP contribution is -2.35. The molecule has 174 valence electrons. The zero-order valence-corrected chi connectivity index (χ0v) is 19.6. The smallest absolute Gasteiger partial charge is 0.232 e. The van der Waals surface area contributed by atoms with Gasteiger partial charge in [-0.05, 0) is 44.6 Å². The number of hydrogen-bond acceptors (Lipinski definition) is 4. The second-order valence-corrected chi connectivity index (χ2v) is 9.89. The molecular weight excluding hydrogens is 412 g/mol. The van der Waals surface area contributed by atoms with Crippen molar-refractivity contribution in [3.8, 4) is 0 Å². The summed E-state index contributed by atoms with van der Waals surface area (Å²) in [5.74, 6) is 2.41. The van der Waals surface area contributed by atoms with Crippen molar-refractivity contribution in [2.75, 3.05) is 24.5 Å². The van der Waals surface area contributed by atoms with Crippen LogP contribution in [-0.2, 0) is 22.4 Å². The van der Waals surface area contributed by atoms with Gasteiger partial charge in [0.15, 0.2) is 0 Å². The van der Waals surface area contributed by atoms with Crippen LogP contribution in [0.3, 0.4) is 0 Å². The lowest BCUT2D eigenvalue weighted by atomic mass is 9.88. The maximum absolute atomic E-state index is 13.0. The van der Waals surface area contributed by atoms with Crippen LogP contribution in [0.5, 0.6) is 0 Å². The zero-order chi connectivity index (χ0) is 22.8. The Morgan fingerprint density at radius 1 is 1.06 bits per heavy atom. The van der Waals surface area contributed by atoms with Crippen molar-refractivity contribution in [2.45, 2.75) is 70.6 Å². The summed E-state index contributed by atoms with van der Waals surface area (Å²) in [6.07, 6.45) is 8.82. The Morgan fingerprint density at radius 3 is 2.64 bits per heavy atom. The number of nitrogens with zero attached hydrogens (tertiary/aromatic N) is 4. The van der Waals surface area contributed by atoms with Crippen LogP contribution in [0.4, 0.5) is 5.82 Å². The predicted molar refractivity (Wildman–Crippen MR) is 128 cm³/mol. The number of aromatic nitrogens is 2. The van der Waals surface area contributed by atoms with Gasteiger partial charge in [0.25, 0.3) is 0 Å². The van der Waals surface area contributed by atoms with E-state index < -0.39 is 0 Å². The summed E-state index contributed by atoms with van der Waals surface area (Å²) in [5.41, 5.74) is 3.17. The number of carbonyl (C=O) groups is 2. The second kappa shape index (κ2) is 9.62. The first-order chi connectivity index (χ1) is 16.1. The predicted octanol–water partition coefficient (Wildman–Crippen LogP) is 4.20. The fourth-order valence-electron chi connectivity index (χ4n) is 5.68. The number of amides is 2. The molecule has 1 saturated carbocycles. The highest BCUT2D eigenvalue weighted by atomic mass is 16.2. The molecule has 33 heavy (non-hydrogen) atoms. The zero-order valence-electron chi connectivity index (χ0n) is 19.6. The molecule has 1 saturated heterocycles. The van der Waals surface area contributed by atoms with Crippen LogP contribution in [-0.4, -0.2) is 46.3 Å². The van der Waals surface area contributed by atoms with Gasteiger partial charge >= 0.3 is 0 Å². The molecular formula is C27H34N4O2. The van der Waals surface area contributed by atoms with E-state index >= 15 is 0 Å². The Hall–Kier alpha value is -2.76. The highest BCUT2D eigenvalue weighted by molar-refractivity contribution is 6.00. The molecule has 3 aliphatic rings. The summed E-state index contributed by atoms with van der Waals surface area (Å²) in [6.45, 7) is 4.16. The first-order valence-electron chi connectivity index (χ1n) is 12.6. The van der Waals surface area contributed by atoms with Crippen molar-refractivity contribution in [2.24, 2.45) is 5.92 Å². The Bertz CT molecular complexity index is 1020. The van der Waals surface area contributed by atoms with Crippen LogP contribution >= 0.6 is 0 Å². The molecule has 2 aliphatic heterocycles. The van der Waals surface area contributed by atoms with Crippen LogP contribution in [0.25, 0.3) is 0 Å². The van der Waals surface area contributed by atoms with Crippen LogP contribution in [0.2, 0.25) is 0 Å². The monoisotopic (exact) mass is 446 g/mol. The number of anilines is 1. The Labute approximate surface area is 196 Å². The third-order valence-corrected chi connectivity index (χ3v) is 7.60. The third-order valence-electron chi connectivity index (χ3n) is 7.60. The second-order valence-electron chi connectivity index (χ2n) is 9.89. The van der Waals surface area contributed by atoms with E-state index in [2.05, 4.69) is 24.3 Å². The molecule has 0 N–H and O–H groups in total. The average molecular weight is 447 g/mol. The largest absolute Gasteiger partial charge is 0.342 e. The van der Waals surface area contributed by atoms with E-state index in [-0.39, 0.29) is 17.7 Å². The Morgan fingerprint density at radius 2 is 1.85 bits per heavy atom. The molecule has 6 heteroatoms. The highest BCUT2D eigenvalue weighted by Crippen LogP contribution is 2.34. The van der Waals surface area contributed by atoms with Gasteiger partial charge in [-0.25, -0.2) is 9.97 Å². The van der Waals surface area contributed by atoms with Gasteiger partial charge in [-0.2, -0.15) is 0 Å². The van der Waals surface area contributed by atoms with Crippen LogP contribution in [0.15, 0.2) is 30.3 Å². The molecule has 2 fully saturated rings. The molecule has 1 aromatic heterocycles. The Balaban J connectivity index is 1.27. The van der Waals surface area contributed by atoms with Crippen molar-refractivity contribution in [3.05, 3.63) is 53.0 Å².